The number of hydrogen-bond acceptors (Lipinski definition) is 9. The molecule has 0 radical (unpaired) electrons. The Kier molecular flexibility index (Phi) is 9.11. The number of β-lactam (4-membered cyclic amide) rings is 1. The van der Waals surface area contributed by atoms with Gasteiger partial charge in [0.15, 0.2) is 8.32 Å². The van der Waals surface area contributed by atoms with Gasteiger partial charge in [0.05, 0.1) is 40.5 Å². The first-order chi connectivity index (χ1) is 19.5. The lowest BCUT2D eigenvalue weighted by atomic mass is 9.77. The number of nitriles is 1. The molecule has 3 aliphatic rings. The van der Waals surface area contributed by atoms with Crippen molar-refractivity contribution in [1.82, 2.24) is 9.80 Å². The fourth-order valence-corrected chi connectivity index (χ4v) is 9.47. The van der Waals surface area contributed by atoms with Crippen molar-refractivity contribution in [3.63, 3.8) is 0 Å². The van der Waals surface area contributed by atoms with Gasteiger partial charge in [0.2, 0.25) is 5.91 Å². The fourth-order valence-electron chi connectivity index (χ4n) is 6.53. The molecule has 2 fully saturated rings. The molecule has 1 aromatic carbocycles. The van der Waals surface area contributed by atoms with E-state index in [0.29, 0.717) is 25.2 Å². The smallest absolute Gasteiger partial charge is 0.362 e. The standard InChI is InChI=1S/C29H38N4O7Si/c1-6-41(7-2,8-3)40-19(5)24-25-18(4)23(17-31-14-13-20(15-30)16-31)26(32(25)27(24)34)29(36)39-28(35)21-9-11-22(12-10-21)33(37)38/h9-12,18-20,24-25H,6-8,13-14,16-17H2,1-5H3/t18-,19?,20+,24+,25+/m0/s1. The minimum atomic E-state index is -1.99. The highest BCUT2D eigenvalue weighted by molar-refractivity contribution is 6.73. The Morgan fingerprint density at radius 3 is 2.34 bits per heavy atom. The van der Waals surface area contributed by atoms with Crippen LogP contribution in [0.15, 0.2) is 35.5 Å². The molecule has 41 heavy (non-hydrogen) atoms. The summed E-state index contributed by atoms with van der Waals surface area (Å²) in [7, 11) is -1.99. The van der Waals surface area contributed by atoms with E-state index in [9.17, 15) is 29.8 Å². The molecule has 0 aromatic heterocycles. The van der Waals surface area contributed by atoms with Crippen LogP contribution in [-0.4, -0.2) is 72.7 Å². The van der Waals surface area contributed by atoms with Crippen LogP contribution in [0.2, 0.25) is 18.1 Å². The number of non-ortho nitro benzene ring substituents is 1. The van der Waals surface area contributed by atoms with Crippen LogP contribution in [-0.2, 0) is 18.8 Å². The van der Waals surface area contributed by atoms with Crippen molar-refractivity contribution in [2.75, 3.05) is 19.6 Å². The maximum absolute atomic E-state index is 13.6. The summed E-state index contributed by atoms with van der Waals surface area (Å²) in [5, 5.41) is 20.3. The quantitative estimate of drug-likeness (QED) is 0.0933. The summed E-state index contributed by atoms with van der Waals surface area (Å²) in [4.78, 5) is 53.9. The van der Waals surface area contributed by atoms with Gasteiger partial charge in [-0.15, -0.1) is 0 Å². The number of benzene rings is 1. The Bertz CT molecular complexity index is 1280. The lowest BCUT2D eigenvalue weighted by molar-refractivity contribution is -0.384. The molecule has 1 aromatic rings. The largest absolute Gasteiger partial charge is 0.413 e. The highest BCUT2D eigenvalue weighted by Gasteiger charge is 2.61. The van der Waals surface area contributed by atoms with Crippen LogP contribution in [0.4, 0.5) is 5.69 Å². The topological polar surface area (TPSA) is 143 Å². The number of rotatable bonds is 11. The predicted octanol–water partition coefficient (Wildman–Crippen LogP) is 4.26. The second-order valence-electron chi connectivity index (χ2n) is 11.3. The van der Waals surface area contributed by atoms with E-state index in [1.807, 2.05) is 13.8 Å². The molecular formula is C29H38N4O7Si. The van der Waals surface area contributed by atoms with Crippen LogP contribution in [0.1, 0.15) is 51.4 Å². The Balaban J connectivity index is 1.60. The number of nitrogens with zero attached hydrogens (tertiary/aromatic N) is 4. The highest BCUT2D eigenvalue weighted by Crippen LogP contribution is 2.49. The van der Waals surface area contributed by atoms with Crippen molar-refractivity contribution in [2.45, 2.75) is 71.3 Å². The lowest BCUT2D eigenvalue weighted by Crippen LogP contribution is -2.65. The van der Waals surface area contributed by atoms with Crippen LogP contribution in [0.5, 0.6) is 0 Å². The fraction of sp³-hybridized carbons (Fsp3) is 0.586. The van der Waals surface area contributed by atoms with Crippen LogP contribution in [0.25, 0.3) is 0 Å². The maximum atomic E-state index is 13.6. The zero-order valence-electron chi connectivity index (χ0n) is 24.3. The Morgan fingerprint density at radius 1 is 1.17 bits per heavy atom. The first kappa shape index (κ1) is 30.6. The van der Waals surface area contributed by atoms with Gasteiger partial charge in [-0.25, -0.2) is 9.59 Å². The monoisotopic (exact) mass is 582 g/mol. The van der Waals surface area contributed by atoms with E-state index in [-0.39, 0.29) is 46.8 Å². The number of amides is 1. The number of likely N-dealkylation sites (tertiary alicyclic amines) is 1. The van der Waals surface area contributed by atoms with E-state index in [1.165, 1.54) is 17.0 Å². The van der Waals surface area contributed by atoms with Gasteiger partial charge in [0, 0.05) is 31.1 Å². The number of carbonyl (C=O) groups is 3. The molecule has 0 spiro atoms. The highest BCUT2D eigenvalue weighted by atomic mass is 28.4. The molecule has 2 saturated heterocycles. The van der Waals surface area contributed by atoms with Gasteiger partial charge < -0.3 is 14.1 Å². The van der Waals surface area contributed by atoms with Gasteiger partial charge in [0.25, 0.3) is 5.69 Å². The van der Waals surface area contributed by atoms with Gasteiger partial charge in [-0.3, -0.25) is 19.8 Å². The Labute approximate surface area is 241 Å². The minimum absolute atomic E-state index is 0.0140. The molecule has 12 heteroatoms. The molecule has 220 valence electrons. The summed E-state index contributed by atoms with van der Waals surface area (Å²) in [6, 6.07) is 9.65. The molecule has 0 aliphatic carbocycles. The number of nitro benzene ring substituents is 1. The molecule has 5 atom stereocenters. The zero-order valence-corrected chi connectivity index (χ0v) is 25.3. The molecule has 1 unspecified atom stereocenters. The summed E-state index contributed by atoms with van der Waals surface area (Å²) in [5.41, 5.74) is 0.584. The average Bonchev–Trinajstić information content (AvgIpc) is 3.52. The second kappa shape index (κ2) is 12.2. The van der Waals surface area contributed by atoms with Crippen molar-refractivity contribution in [3.8, 4) is 6.07 Å². The maximum Gasteiger partial charge on any atom is 0.362 e. The molecule has 0 N–H and O–H groups in total. The summed E-state index contributed by atoms with van der Waals surface area (Å²) < 4.78 is 11.9. The Morgan fingerprint density at radius 2 is 1.80 bits per heavy atom. The minimum Gasteiger partial charge on any atom is -0.413 e. The van der Waals surface area contributed by atoms with E-state index in [2.05, 4.69) is 31.7 Å². The molecule has 3 aliphatic heterocycles. The average molecular weight is 583 g/mol. The van der Waals surface area contributed by atoms with Crippen LogP contribution in [0, 0.1) is 39.2 Å². The van der Waals surface area contributed by atoms with E-state index >= 15 is 0 Å². The van der Waals surface area contributed by atoms with Crippen LogP contribution in [0.3, 0.4) is 0 Å². The van der Waals surface area contributed by atoms with Crippen molar-refractivity contribution in [3.05, 3.63) is 51.2 Å². The first-order valence-corrected chi connectivity index (χ1v) is 16.9. The van der Waals surface area contributed by atoms with Crippen LogP contribution >= 0.6 is 0 Å². The zero-order chi connectivity index (χ0) is 30.1. The van der Waals surface area contributed by atoms with Gasteiger partial charge in [-0.2, -0.15) is 5.26 Å². The van der Waals surface area contributed by atoms with Crippen molar-refractivity contribution in [2.24, 2.45) is 17.8 Å². The van der Waals surface area contributed by atoms with Gasteiger partial charge in [0.1, 0.15) is 5.70 Å². The molecule has 0 bridgehead atoms. The van der Waals surface area contributed by atoms with Crippen molar-refractivity contribution >= 4 is 31.9 Å². The summed E-state index contributed by atoms with van der Waals surface area (Å²) >= 11 is 0. The summed E-state index contributed by atoms with van der Waals surface area (Å²) in [6.07, 6.45) is 0.416. The van der Waals surface area contributed by atoms with E-state index in [1.54, 1.807) is 0 Å². The number of ether oxygens (including phenoxy) is 1. The van der Waals surface area contributed by atoms with Crippen LogP contribution < -0.4 is 0 Å². The molecular weight excluding hydrogens is 544 g/mol. The SMILES string of the molecule is CC[Si](CC)(CC)OC(C)[C@H]1C(=O)N2C(C(=O)OC(=O)c3ccc([N+](=O)[O-])cc3)=C(CN3CC[C@H](C#N)C3)[C@H](C)[C@H]12. The van der Waals surface area contributed by atoms with Crippen molar-refractivity contribution in [1.29, 1.82) is 5.26 Å². The number of esters is 2. The number of fused-ring (bicyclic) bond motifs is 1. The third-order valence-electron chi connectivity index (χ3n) is 9.21. The molecule has 11 nitrogen and oxygen atoms in total. The second-order valence-corrected chi connectivity index (χ2v) is 16.0. The summed E-state index contributed by atoms with van der Waals surface area (Å²) in [6.45, 7) is 12.0. The number of hydrogen-bond donors (Lipinski definition) is 0. The lowest BCUT2D eigenvalue weighted by Gasteiger charge is -2.49. The molecule has 1 amide bonds. The van der Waals surface area contributed by atoms with Gasteiger partial charge in [-0.1, -0.05) is 27.7 Å². The van der Waals surface area contributed by atoms with E-state index in [4.69, 9.17) is 9.16 Å². The molecule has 0 saturated carbocycles. The predicted molar refractivity (Wildman–Crippen MR) is 152 cm³/mol. The molecule has 4 rings (SSSR count). The first-order valence-electron chi connectivity index (χ1n) is 14.4. The molecule has 3 heterocycles. The van der Waals surface area contributed by atoms with E-state index in [0.717, 1.165) is 36.7 Å². The van der Waals surface area contributed by atoms with Gasteiger partial charge >= 0.3 is 11.9 Å². The Hall–Kier alpha value is -3.40. The third kappa shape index (κ3) is 5.71. The third-order valence-corrected chi connectivity index (χ3v) is 13.9. The van der Waals surface area contributed by atoms with Crippen molar-refractivity contribution < 1.29 is 28.5 Å². The number of carbonyl (C=O) groups excluding carboxylic acids is 3. The number of nitro groups is 1. The summed E-state index contributed by atoms with van der Waals surface area (Å²) in [5.74, 6) is -2.79. The van der Waals surface area contributed by atoms with Gasteiger partial charge in [-0.05, 0) is 55.7 Å². The normalized spacial score (nSPS) is 25.0. The van der Waals surface area contributed by atoms with E-state index < -0.39 is 31.1 Å².